The van der Waals surface area contributed by atoms with Gasteiger partial charge in [0.15, 0.2) is 11.9 Å². The smallest absolute Gasteiger partial charge is 0.329 e. The molecule has 0 radical (unpaired) electrons. The highest BCUT2D eigenvalue weighted by Crippen LogP contribution is 2.26. The van der Waals surface area contributed by atoms with E-state index in [9.17, 15) is 43.5 Å². The Kier molecular flexibility index (Phi) is 21.7. The molecular formula is C49H78N6O12. The highest BCUT2D eigenvalue weighted by molar-refractivity contribution is 6.05. The van der Waals surface area contributed by atoms with Crippen LogP contribution in [0.2, 0.25) is 0 Å². The van der Waals surface area contributed by atoms with Gasteiger partial charge in [-0.3, -0.25) is 33.6 Å². The van der Waals surface area contributed by atoms with Crippen LogP contribution in [0.25, 0.3) is 0 Å². The van der Waals surface area contributed by atoms with Gasteiger partial charge in [-0.15, -0.1) is 0 Å². The van der Waals surface area contributed by atoms with Crippen LogP contribution in [0.3, 0.4) is 0 Å². The average molecular weight is 943 g/mol. The van der Waals surface area contributed by atoms with Crippen LogP contribution in [0.15, 0.2) is 24.3 Å². The number of carbonyl (C=O) groups excluding carboxylic acids is 8. The van der Waals surface area contributed by atoms with E-state index in [0.29, 0.717) is 30.6 Å². The number of cyclic esters (lactones) is 2. The van der Waals surface area contributed by atoms with Crippen molar-refractivity contribution in [2.45, 2.75) is 169 Å². The molecule has 0 aromatic heterocycles. The lowest BCUT2D eigenvalue weighted by Gasteiger charge is -2.35. The molecule has 5 N–H and O–H groups in total. The predicted octanol–water partition coefficient (Wildman–Crippen LogP) is 2.71. The number of esters is 2. The third kappa shape index (κ3) is 15.5. The van der Waals surface area contributed by atoms with E-state index >= 15 is 0 Å². The van der Waals surface area contributed by atoms with Crippen LogP contribution >= 0.6 is 0 Å². The fourth-order valence-electron chi connectivity index (χ4n) is 8.55. The maximum absolute atomic E-state index is 14.7. The number of nitrogens with zero attached hydrogens (tertiary/aromatic N) is 2. The first-order chi connectivity index (χ1) is 31.4. The van der Waals surface area contributed by atoms with Crippen LogP contribution in [0.1, 0.15) is 113 Å². The Bertz CT molecular complexity index is 1870. The topological polar surface area (TPSA) is 239 Å². The summed E-state index contributed by atoms with van der Waals surface area (Å²) in [6.45, 7) is 17.4. The first-order valence-electron chi connectivity index (χ1n) is 23.9. The minimum atomic E-state index is -1.55. The first kappa shape index (κ1) is 56.2. The zero-order valence-electron chi connectivity index (χ0n) is 41.9. The molecule has 67 heavy (non-hydrogen) atoms. The van der Waals surface area contributed by atoms with E-state index in [2.05, 4.69) is 21.3 Å². The van der Waals surface area contributed by atoms with Crippen molar-refractivity contribution in [1.29, 1.82) is 0 Å². The summed E-state index contributed by atoms with van der Waals surface area (Å²) in [6.07, 6.45) is -3.30. The van der Waals surface area contributed by atoms with Gasteiger partial charge in [0, 0.05) is 20.0 Å². The highest BCUT2D eigenvalue weighted by atomic mass is 16.6. The van der Waals surface area contributed by atoms with E-state index in [0.717, 1.165) is 0 Å². The monoisotopic (exact) mass is 943 g/mol. The molecule has 1 aromatic carbocycles. The summed E-state index contributed by atoms with van der Waals surface area (Å²) in [5.41, 5.74) is 0.631. The van der Waals surface area contributed by atoms with E-state index in [1.165, 1.54) is 37.8 Å². The molecule has 18 nitrogen and oxygen atoms in total. The van der Waals surface area contributed by atoms with Crippen molar-refractivity contribution in [3.8, 4) is 5.75 Å². The number of rotatable bonds is 13. The SMILES string of the molecule is CC[C@H](C)[C@H]1NC(=O)[C@@H](NC(=O)[C@@H](CC(C)C)NC)[C@@H](C)OC(=O)[C@H](Cc2ccc(OC)cc2)N(C)C(=O)C2CCCN2C(=O)[C@H](CC(C)C)NC(=O)[C@@H](C)C(=O)[C@H](C(C)C)OC(=O)C[C@@H]1O. The minimum absolute atomic E-state index is 0.0500. The number of likely N-dealkylation sites (N-methyl/N-ethyl adjacent to an activating group) is 2. The third-order valence-corrected chi connectivity index (χ3v) is 12.9. The standard InChI is InChI=1S/C49H78N6O12/c1-14-29(8)40-38(56)25-39(57)67-43(28(6)7)42(58)30(9)44(59)51-35(23-27(4)5)47(62)55-21-15-16-36(55)48(63)54(12)37(24-32-17-19-33(65-13)20-18-32)49(64)66-31(10)41(46(61)52-40)53-45(60)34(50-11)22-26(2)3/h17-20,26-31,34-38,40-41,43,50,56H,14-16,21-25H2,1-13H3,(H,51,59)(H,52,61)(H,53,60)/t29-,30-,31+,34+,35-,36?,37-,38-,40+,41-,43-/m0/s1. The number of nitrogens with one attached hydrogen (secondary N) is 4. The van der Waals surface area contributed by atoms with Gasteiger partial charge in [-0.1, -0.05) is 73.9 Å². The summed E-state index contributed by atoms with van der Waals surface area (Å²) < 4.78 is 17.1. The Hall–Kier alpha value is -5.10. The van der Waals surface area contributed by atoms with E-state index in [-0.39, 0.29) is 37.6 Å². The van der Waals surface area contributed by atoms with E-state index < -0.39 is 126 Å². The second kappa shape index (κ2) is 25.9. The Labute approximate surface area is 396 Å². The lowest BCUT2D eigenvalue weighted by Crippen LogP contribution is -2.61. The van der Waals surface area contributed by atoms with Crippen LogP contribution in [0.5, 0.6) is 5.75 Å². The molecule has 2 saturated heterocycles. The normalized spacial score (nSPS) is 27.8. The van der Waals surface area contributed by atoms with Crippen molar-refractivity contribution in [1.82, 2.24) is 31.1 Å². The largest absolute Gasteiger partial charge is 0.497 e. The number of ether oxygens (including phenoxy) is 3. The molecule has 0 saturated carbocycles. The molecule has 1 unspecified atom stereocenters. The molecule has 5 amide bonds. The molecule has 2 heterocycles. The molecule has 2 aliphatic rings. The number of fused-ring (bicyclic) bond motifs is 1. The number of aliphatic hydroxyl groups is 1. The fraction of sp³-hybridized carbons (Fsp3) is 0.714. The number of ketones is 1. The van der Waals surface area contributed by atoms with Gasteiger partial charge in [0.2, 0.25) is 29.5 Å². The molecule has 2 aliphatic heterocycles. The Balaban J connectivity index is 2.23. The van der Waals surface area contributed by atoms with Crippen molar-refractivity contribution < 1.29 is 57.7 Å². The van der Waals surface area contributed by atoms with Crippen molar-refractivity contribution >= 4 is 47.3 Å². The zero-order valence-corrected chi connectivity index (χ0v) is 41.9. The van der Waals surface area contributed by atoms with Gasteiger partial charge in [0.05, 0.1) is 37.6 Å². The van der Waals surface area contributed by atoms with Crippen LogP contribution in [-0.2, 0) is 54.3 Å². The van der Waals surface area contributed by atoms with Gasteiger partial charge in [0.25, 0.3) is 0 Å². The molecule has 11 atom stereocenters. The van der Waals surface area contributed by atoms with Crippen molar-refractivity contribution in [2.24, 2.45) is 29.6 Å². The van der Waals surface area contributed by atoms with Gasteiger partial charge in [0.1, 0.15) is 36.0 Å². The summed E-state index contributed by atoms with van der Waals surface area (Å²) in [7, 11) is 4.56. The van der Waals surface area contributed by atoms with Crippen LogP contribution in [0, 0.1) is 29.6 Å². The van der Waals surface area contributed by atoms with Crippen molar-refractivity contribution in [3.63, 3.8) is 0 Å². The number of amides is 5. The molecule has 376 valence electrons. The zero-order chi connectivity index (χ0) is 50.4. The van der Waals surface area contributed by atoms with Gasteiger partial charge < -0.3 is 50.4 Å². The molecule has 0 aliphatic carbocycles. The lowest BCUT2D eigenvalue weighted by atomic mass is 9.91. The number of aliphatic hydroxyl groups excluding tert-OH is 1. The van der Waals surface area contributed by atoms with E-state index in [4.69, 9.17) is 14.2 Å². The molecule has 0 bridgehead atoms. The Morgan fingerprint density at radius 2 is 1.55 bits per heavy atom. The van der Waals surface area contributed by atoms with Gasteiger partial charge >= 0.3 is 11.9 Å². The second-order valence-electron chi connectivity index (χ2n) is 19.5. The number of benzene rings is 1. The fourth-order valence-corrected chi connectivity index (χ4v) is 8.55. The maximum atomic E-state index is 14.7. The third-order valence-electron chi connectivity index (χ3n) is 12.9. The predicted molar refractivity (Wildman–Crippen MR) is 250 cm³/mol. The summed E-state index contributed by atoms with van der Waals surface area (Å²) >= 11 is 0. The van der Waals surface area contributed by atoms with Crippen LogP contribution < -0.4 is 26.0 Å². The second-order valence-corrected chi connectivity index (χ2v) is 19.5. The number of hydrogen-bond donors (Lipinski definition) is 5. The van der Waals surface area contributed by atoms with E-state index in [1.807, 2.05) is 34.6 Å². The number of hydrogen-bond acceptors (Lipinski definition) is 13. The number of carbonyl (C=O) groups is 8. The number of methoxy groups -OCH3 is 1. The Morgan fingerprint density at radius 1 is 0.910 bits per heavy atom. The summed E-state index contributed by atoms with van der Waals surface area (Å²) in [4.78, 5) is 116. The quantitative estimate of drug-likeness (QED) is 0.142. The molecular weight excluding hydrogens is 865 g/mol. The lowest BCUT2D eigenvalue weighted by molar-refractivity contribution is -0.163. The first-order valence-corrected chi connectivity index (χ1v) is 23.9. The molecule has 18 heteroatoms. The molecule has 3 rings (SSSR count). The Morgan fingerprint density at radius 3 is 2.10 bits per heavy atom. The van der Waals surface area contributed by atoms with Gasteiger partial charge in [-0.2, -0.15) is 0 Å². The summed E-state index contributed by atoms with van der Waals surface area (Å²) in [6, 6.07) is 0.0322. The molecule has 0 spiro atoms. The number of Topliss-reactive ketones (excluding diaryl/α,β-unsaturated/α-hetero) is 1. The van der Waals surface area contributed by atoms with Gasteiger partial charge in [-0.05, 0) is 87.9 Å². The summed E-state index contributed by atoms with van der Waals surface area (Å²) in [5.74, 6) is -7.71. The maximum Gasteiger partial charge on any atom is 0.329 e. The van der Waals surface area contributed by atoms with E-state index in [1.54, 1.807) is 52.1 Å². The summed E-state index contributed by atoms with van der Waals surface area (Å²) in [5, 5.41) is 22.9. The van der Waals surface area contributed by atoms with Gasteiger partial charge in [-0.25, -0.2) is 4.79 Å². The van der Waals surface area contributed by atoms with Crippen LogP contribution in [0.4, 0.5) is 0 Å². The highest BCUT2D eigenvalue weighted by Gasteiger charge is 2.44. The minimum Gasteiger partial charge on any atom is -0.497 e. The van der Waals surface area contributed by atoms with Crippen molar-refractivity contribution in [3.05, 3.63) is 29.8 Å². The van der Waals surface area contributed by atoms with Crippen LogP contribution in [-0.4, -0.2) is 144 Å². The average Bonchev–Trinajstić information content (AvgIpc) is 3.77. The van der Waals surface area contributed by atoms with Crippen molar-refractivity contribution in [2.75, 3.05) is 27.7 Å². The molecule has 1 aromatic rings. The molecule has 2 fully saturated rings.